The van der Waals surface area contributed by atoms with E-state index in [0.717, 1.165) is 5.56 Å². The van der Waals surface area contributed by atoms with Gasteiger partial charge in [-0.2, -0.15) is 0 Å². The summed E-state index contributed by atoms with van der Waals surface area (Å²) in [5.41, 5.74) is 0.176. The molecule has 1 saturated heterocycles. The Labute approximate surface area is 161 Å². The van der Waals surface area contributed by atoms with E-state index in [0.29, 0.717) is 45.6 Å². The number of nitrogens with zero attached hydrogens (tertiary/aromatic N) is 3. The molecule has 0 bridgehead atoms. The van der Waals surface area contributed by atoms with E-state index >= 15 is 0 Å². The largest absolute Gasteiger partial charge is 0.339 e. The fraction of sp³-hybridized carbons (Fsp3) is 0.571. The summed E-state index contributed by atoms with van der Waals surface area (Å²) in [7, 11) is 0. The lowest BCUT2D eigenvalue weighted by Crippen LogP contribution is -2.54. The Hall–Kier alpha value is -2.37. The van der Waals surface area contributed by atoms with Crippen LogP contribution in [0, 0.1) is 5.41 Å². The molecule has 0 radical (unpaired) electrons. The summed E-state index contributed by atoms with van der Waals surface area (Å²) < 4.78 is 0. The highest BCUT2D eigenvalue weighted by molar-refractivity contribution is 6.08. The quantitative estimate of drug-likeness (QED) is 0.743. The van der Waals surface area contributed by atoms with Gasteiger partial charge in [-0.15, -0.1) is 0 Å². The molecular formula is C21H29N3O3. The Morgan fingerprint density at radius 2 is 1.56 bits per heavy atom. The van der Waals surface area contributed by atoms with Crippen LogP contribution in [0.4, 0.5) is 0 Å². The van der Waals surface area contributed by atoms with Crippen LogP contribution in [0.3, 0.4) is 0 Å². The molecule has 27 heavy (non-hydrogen) atoms. The molecule has 0 N–H and O–H groups in total. The van der Waals surface area contributed by atoms with Gasteiger partial charge in [0.05, 0.1) is 0 Å². The molecule has 2 aliphatic rings. The Morgan fingerprint density at radius 1 is 1.00 bits per heavy atom. The minimum atomic E-state index is -0.891. The van der Waals surface area contributed by atoms with Crippen molar-refractivity contribution >= 4 is 17.7 Å². The third-order valence-corrected chi connectivity index (χ3v) is 5.66. The van der Waals surface area contributed by atoms with Crippen LogP contribution in [-0.4, -0.2) is 64.6 Å². The summed E-state index contributed by atoms with van der Waals surface area (Å²) in [6, 6.07) is 9.92. The SMILES string of the molecule is CC(=O)N1CCN(C(=O)C2(C(=O)N(Cc3ccccc3)C(C)C)CC2)CC1. The van der Waals surface area contributed by atoms with Gasteiger partial charge in [-0.1, -0.05) is 30.3 Å². The van der Waals surface area contributed by atoms with Crippen molar-refractivity contribution in [2.75, 3.05) is 26.2 Å². The zero-order chi connectivity index (χ0) is 19.6. The summed E-state index contributed by atoms with van der Waals surface area (Å²) >= 11 is 0. The third-order valence-electron chi connectivity index (χ3n) is 5.66. The van der Waals surface area contributed by atoms with E-state index in [9.17, 15) is 14.4 Å². The van der Waals surface area contributed by atoms with Gasteiger partial charge in [0.1, 0.15) is 5.41 Å². The first kappa shape index (κ1) is 19.4. The Kier molecular flexibility index (Phi) is 5.53. The average molecular weight is 371 g/mol. The fourth-order valence-electron chi connectivity index (χ4n) is 3.72. The van der Waals surface area contributed by atoms with Crippen LogP contribution < -0.4 is 0 Å². The molecule has 6 heteroatoms. The first-order valence-corrected chi connectivity index (χ1v) is 9.75. The van der Waals surface area contributed by atoms with Crippen LogP contribution in [0.1, 0.15) is 39.2 Å². The molecule has 1 aromatic rings. The highest BCUT2D eigenvalue weighted by Crippen LogP contribution is 2.49. The highest BCUT2D eigenvalue weighted by atomic mass is 16.2. The van der Waals surface area contributed by atoms with E-state index in [2.05, 4.69) is 0 Å². The summed E-state index contributed by atoms with van der Waals surface area (Å²) in [6.07, 6.45) is 1.24. The van der Waals surface area contributed by atoms with Gasteiger partial charge in [-0.25, -0.2) is 0 Å². The number of benzene rings is 1. The lowest BCUT2D eigenvalue weighted by atomic mass is 10.0. The van der Waals surface area contributed by atoms with Crippen molar-refractivity contribution in [3.8, 4) is 0 Å². The normalized spacial score (nSPS) is 18.4. The molecule has 6 nitrogen and oxygen atoms in total. The lowest BCUT2D eigenvalue weighted by Gasteiger charge is -2.37. The minimum absolute atomic E-state index is 0.0255. The van der Waals surface area contributed by atoms with Crippen molar-refractivity contribution in [2.24, 2.45) is 5.41 Å². The molecule has 0 spiro atoms. The number of piperazine rings is 1. The second-order valence-corrected chi connectivity index (χ2v) is 7.89. The second-order valence-electron chi connectivity index (χ2n) is 7.89. The number of carbonyl (C=O) groups excluding carboxylic acids is 3. The summed E-state index contributed by atoms with van der Waals surface area (Å²) in [5, 5.41) is 0. The standard InChI is InChI=1S/C21H29N3O3/c1-16(2)24(15-18-7-5-4-6-8-18)20(27)21(9-10-21)19(26)23-13-11-22(12-14-23)17(3)25/h4-8,16H,9-15H2,1-3H3. The van der Waals surface area contributed by atoms with Crippen molar-refractivity contribution in [1.82, 2.24) is 14.7 Å². The van der Waals surface area contributed by atoms with Gasteiger partial charge in [0.2, 0.25) is 17.7 Å². The van der Waals surface area contributed by atoms with Crippen molar-refractivity contribution in [3.05, 3.63) is 35.9 Å². The maximum atomic E-state index is 13.3. The van der Waals surface area contributed by atoms with Gasteiger partial charge in [-0.3, -0.25) is 14.4 Å². The second kappa shape index (κ2) is 7.71. The molecule has 3 amide bonds. The van der Waals surface area contributed by atoms with Gasteiger partial charge in [-0.05, 0) is 32.3 Å². The molecule has 1 aliphatic heterocycles. The molecule has 1 aliphatic carbocycles. The fourth-order valence-corrected chi connectivity index (χ4v) is 3.72. The number of hydrogen-bond acceptors (Lipinski definition) is 3. The Balaban J connectivity index is 1.70. The summed E-state index contributed by atoms with van der Waals surface area (Å²) in [6.45, 7) is 8.16. The van der Waals surface area contributed by atoms with E-state index in [1.165, 1.54) is 0 Å². The van der Waals surface area contributed by atoms with E-state index < -0.39 is 5.41 Å². The highest BCUT2D eigenvalue weighted by Gasteiger charge is 2.59. The van der Waals surface area contributed by atoms with Crippen LogP contribution >= 0.6 is 0 Å². The van der Waals surface area contributed by atoms with Crippen molar-refractivity contribution in [2.45, 2.75) is 46.2 Å². The molecule has 146 valence electrons. The predicted octanol–water partition coefficient (Wildman–Crippen LogP) is 1.89. The van der Waals surface area contributed by atoms with Gasteiger partial charge in [0.25, 0.3) is 0 Å². The predicted molar refractivity (Wildman–Crippen MR) is 103 cm³/mol. The average Bonchev–Trinajstić information content (AvgIpc) is 3.47. The monoisotopic (exact) mass is 371 g/mol. The van der Waals surface area contributed by atoms with E-state index in [4.69, 9.17) is 0 Å². The van der Waals surface area contributed by atoms with Crippen LogP contribution in [-0.2, 0) is 20.9 Å². The van der Waals surface area contributed by atoms with E-state index in [1.54, 1.807) is 16.7 Å². The maximum absolute atomic E-state index is 13.3. The number of hydrogen-bond donors (Lipinski definition) is 0. The van der Waals surface area contributed by atoms with Gasteiger partial charge < -0.3 is 14.7 Å². The molecule has 1 heterocycles. The van der Waals surface area contributed by atoms with Gasteiger partial charge >= 0.3 is 0 Å². The molecule has 3 rings (SSSR count). The van der Waals surface area contributed by atoms with E-state index in [1.807, 2.05) is 49.1 Å². The van der Waals surface area contributed by atoms with Crippen molar-refractivity contribution in [3.63, 3.8) is 0 Å². The molecule has 2 fully saturated rings. The third kappa shape index (κ3) is 3.99. The van der Waals surface area contributed by atoms with Crippen molar-refractivity contribution in [1.29, 1.82) is 0 Å². The zero-order valence-corrected chi connectivity index (χ0v) is 16.5. The molecular weight excluding hydrogens is 342 g/mol. The van der Waals surface area contributed by atoms with E-state index in [-0.39, 0.29) is 23.8 Å². The molecule has 0 unspecified atom stereocenters. The Morgan fingerprint density at radius 3 is 2.04 bits per heavy atom. The Bertz CT molecular complexity index is 705. The molecule has 1 aromatic carbocycles. The van der Waals surface area contributed by atoms with Gasteiger partial charge in [0, 0.05) is 45.7 Å². The van der Waals surface area contributed by atoms with Crippen LogP contribution in [0.2, 0.25) is 0 Å². The minimum Gasteiger partial charge on any atom is -0.339 e. The molecule has 0 aromatic heterocycles. The number of amides is 3. The van der Waals surface area contributed by atoms with Crippen LogP contribution in [0.25, 0.3) is 0 Å². The first-order chi connectivity index (χ1) is 12.8. The summed E-state index contributed by atoms with van der Waals surface area (Å²) in [5.74, 6) is -0.0806. The first-order valence-electron chi connectivity index (χ1n) is 9.75. The molecule has 1 saturated carbocycles. The van der Waals surface area contributed by atoms with Crippen molar-refractivity contribution < 1.29 is 14.4 Å². The smallest absolute Gasteiger partial charge is 0.238 e. The number of carbonyl (C=O) groups is 3. The molecule has 0 atom stereocenters. The van der Waals surface area contributed by atoms with Crippen LogP contribution in [0.5, 0.6) is 0 Å². The number of rotatable bonds is 5. The van der Waals surface area contributed by atoms with Crippen LogP contribution in [0.15, 0.2) is 30.3 Å². The summed E-state index contributed by atoms with van der Waals surface area (Å²) in [4.78, 5) is 43.3. The maximum Gasteiger partial charge on any atom is 0.238 e. The lowest BCUT2D eigenvalue weighted by molar-refractivity contribution is -0.153. The van der Waals surface area contributed by atoms with Gasteiger partial charge in [0.15, 0.2) is 0 Å². The zero-order valence-electron chi connectivity index (χ0n) is 16.5. The topological polar surface area (TPSA) is 60.9 Å².